The van der Waals surface area contributed by atoms with Crippen molar-refractivity contribution < 1.29 is 0 Å². The second kappa shape index (κ2) is 4.67. The molecule has 0 radical (unpaired) electrons. The zero-order chi connectivity index (χ0) is 10.7. The van der Waals surface area contributed by atoms with Crippen LogP contribution in [0.2, 0.25) is 5.02 Å². The Labute approximate surface area is 90.7 Å². The van der Waals surface area contributed by atoms with Crippen molar-refractivity contribution in [3.05, 3.63) is 28.8 Å². The van der Waals surface area contributed by atoms with E-state index in [1.54, 1.807) is 6.07 Å². The van der Waals surface area contributed by atoms with E-state index in [2.05, 4.69) is 25.8 Å². The maximum absolute atomic E-state index is 5.86. The van der Waals surface area contributed by atoms with Gasteiger partial charge in [-0.3, -0.25) is 4.90 Å². The average Bonchev–Trinajstić information content (AvgIpc) is 2.09. The van der Waals surface area contributed by atoms with Gasteiger partial charge in [-0.15, -0.1) is 0 Å². The Morgan fingerprint density at radius 3 is 2.57 bits per heavy atom. The molecular weight excluding hydrogens is 196 g/mol. The monoisotopic (exact) mass is 212 g/mol. The van der Waals surface area contributed by atoms with Gasteiger partial charge in [0.05, 0.1) is 0 Å². The molecule has 1 aromatic carbocycles. The number of hydrogen-bond acceptors (Lipinski definition) is 2. The van der Waals surface area contributed by atoms with Crippen LogP contribution in [0.3, 0.4) is 0 Å². The summed E-state index contributed by atoms with van der Waals surface area (Å²) in [5, 5.41) is 0.693. The van der Waals surface area contributed by atoms with Crippen LogP contribution in [-0.4, -0.2) is 18.0 Å². The fraction of sp³-hybridized carbons (Fsp3) is 0.455. The number of anilines is 1. The van der Waals surface area contributed by atoms with Crippen LogP contribution in [-0.2, 0) is 6.54 Å². The first-order valence-corrected chi connectivity index (χ1v) is 5.12. The van der Waals surface area contributed by atoms with E-state index in [9.17, 15) is 0 Å². The molecule has 1 rings (SSSR count). The Kier molecular flexibility index (Phi) is 3.78. The van der Waals surface area contributed by atoms with Crippen molar-refractivity contribution in [1.29, 1.82) is 0 Å². The lowest BCUT2D eigenvalue weighted by atomic mass is 10.1. The zero-order valence-corrected chi connectivity index (χ0v) is 9.67. The van der Waals surface area contributed by atoms with Gasteiger partial charge in [0, 0.05) is 23.3 Å². The molecule has 2 N–H and O–H groups in total. The van der Waals surface area contributed by atoms with Crippen molar-refractivity contribution in [3.8, 4) is 0 Å². The smallest absolute Gasteiger partial charge is 0.0426 e. The first-order valence-electron chi connectivity index (χ1n) is 4.75. The first-order chi connectivity index (χ1) is 6.50. The number of nitrogen functional groups attached to an aromatic ring is 1. The molecule has 0 atom stereocenters. The van der Waals surface area contributed by atoms with Gasteiger partial charge in [0.1, 0.15) is 0 Å². The summed E-state index contributed by atoms with van der Waals surface area (Å²) in [7, 11) is 2.08. The molecule has 2 nitrogen and oxygen atoms in total. The lowest BCUT2D eigenvalue weighted by molar-refractivity contribution is 0.266. The van der Waals surface area contributed by atoms with Gasteiger partial charge in [-0.05, 0) is 38.6 Å². The maximum atomic E-state index is 5.86. The minimum atomic E-state index is 0.519. The quantitative estimate of drug-likeness (QED) is 0.781. The van der Waals surface area contributed by atoms with E-state index in [1.165, 1.54) is 0 Å². The molecule has 0 aromatic heterocycles. The van der Waals surface area contributed by atoms with E-state index in [1.807, 2.05) is 12.1 Å². The van der Waals surface area contributed by atoms with Gasteiger partial charge < -0.3 is 5.73 Å². The van der Waals surface area contributed by atoms with E-state index in [4.69, 9.17) is 17.3 Å². The minimum absolute atomic E-state index is 0.519. The molecular formula is C11H17ClN2. The van der Waals surface area contributed by atoms with Crippen molar-refractivity contribution in [1.82, 2.24) is 4.90 Å². The van der Waals surface area contributed by atoms with E-state index in [-0.39, 0.29) is 0 Å². The third kappa shape index (κ3) is 2.89. The van der Waals surface area contributed by atoms with Crippen molar-refractivity contribution in [3.63, 3.8) is 0 Å². The summed E-state index contributed by atoms with van der Waals surface area (Å²) in [6, 6.07) is 6.17. The number of benzene rings is 1. The highest BCUT2D eigenvalue weighted by Gasteiger charge is 2.06. The Morgan fingerprint density at radius 2 is 2.07 bits per heavy atom. The third-order valence-corrected chi connectivity index (χ3v) is 2.64. The highest BCUT2D eigenvalue weighted by atomic mass is 35.5. The van der Waals surface area contributed by atoms with Crippen LogP contribution in [0, 0.1) is 0 Å². The summed E-state index contributed by atoms with van der Waals surface area (Å²) < 4.78 is 0. The average molecular weight is 213 g/mol. The van der Waals surface area contributed by atoms with Crippen molar-refractivity contribution in [2.24, 2.45) is 0 Å². The molecule has 0 fully saturated rings. The Bertz CT molecular complexity index is 310. The fourth-order valence-corrected chi connectivity index (χ4v) is 1.34. The van der Waals surface area contributed by atoms with Gasteiger partial charge >= 0.3 is 0 Å². The predicted molar refractivity (Wildman–Crippen MR) is 62.5 cm³/mol. The van der Waals surface area contributed by atoms with Crippen LogP contribution in [0.15, 0.2) is 18.2 Å². The summed E-state index contributed by atoms with van der Waals surface area (Å²) in [5.74, 6) is 0. The van der Waals surface area contributed by atoms with E-state index in [0.717, 1.165) is 17.8 Å². The fourth-order valence-electron chi connectivity index (χ4n) is 1.16. The molecule has 0 aliphatic heterocycles. The van der Waals surface area contributed by atoms with Crippen molar-refractivity contribution >= 4 is 17.3 Å². The summed E-state index contributed by atoms with van der Waals surface area (Å²) >= 11 is 5.82. The predicted octanol–water partition coefficient (Wildman–Crippen LogP) is 2.76. The first kappa shape index (κ1) is 11.3. The Balaban J connectivity index is 2.77. The second-order valence-corrected chi connectivity index (χ2v) is 4.29. The number of halogens is 1. The van der Waals surface area contributed by atoms with Gasteiger partial charge in [-0.2, -0.15) is 0 Å². The summed E-state index contributed by atoms with van der Waals surface area (Å²) in [5.41, 5.74) is 7.76. The van der Waals surface area contributed by atoms with Crippen LogP contribution in [0.1, 0.15) is 19.4 Å². The molecule has 0 heterocycles. The number of nitrogens with two attached hydrogens (primary N) is 1. The summed E-state index contributed by atoms with van der Waals surface area (Å²) in [6.45, 7) is 5.18. The van der Waals surface area contributed by atoms with Crippen LogP contribution in [0.4, 0.5) is 5.69 Å². The SMILES string of the molecule is CC(C)N(C)Cc1ccc(Cl)cc1N. The Morgan fingerprint density at radius 1 is 1.43 bits per heavy atom. The minimum Gasteiger partial charge on any atom is -0.398 e. The molecule has 0 saturated heterocycles. The van der Waals surface area contributed by atoms with Crippen LogP contribution >= 0.6 is 11.6 Å². The topological polar surface area (TPSA) is 29.3 Å². The van der Waals surface area contributed by atoms with Gasteiger partial charge in [0.25, 0.3) is 0 Å². The summed E-state index contributed by atoms with van der Waals surface area (Å²) in [4.78, 5) is 2.24. The molecule has 0 amide bonds. The van der Waals surface area contributed by atoms with E-state index < -0.39 is 0 Å². The zero-order valence-electron chi connectivity index (χ0n) is 8.92. The highest BCUT2D eigenvalue weighted by molar-refractivity contribution is 6.30. The number of rotatable bonds is 3. The third-order valence-electron chi connectivity index (χ3n) is 2.41. The standard InChI is InChI=1S/C11H17ClN2/c1-8(2)14(3)7-9-4-5-10(12)6-11(9)13/h4-6,8H,7,13H2,1-3H3. The molecule has 1 aromatic rings. The van der Waals surface area contributed by atoms with Crippen molar-refractivity contribution in [2.45, 2.75) is 26.4 Å². The summed E-state index contributed by atoms with van der Waals surface area (Å²) in [6.07, 6.45) is 0. The van der Waals surface area contributed by atoms with E-state index in [0.29, 0.717) is 11.1 Å². The molecule has 78 valence electrons. The maximum Gasteiger partial charge on any atom is 0.0426 e. The van der Waals surface area contributed by atoms with Crippen LogP contribution in [0.25, 0.3) is 0 Å². The normalized spacial score (nSPS) is 11.3. The van der Waals surface area contributed by atoms with Gasteiger partial charge in [0.15, 0.2) is 0 Å². The lowest BCUT2D eigenvalue weighted by Gasteiger charge is -2.21. The van der Waals surface area contributed by atoms with Gasteiger partial charge in [-0.25, -0.2) is 0 Å². The molecule has 0 bridgehead atoms. The molecule has 0 spiro atoms. The van der Waals surface area contributed by atoms with Crippen LogP contribution in [0.5, 0.6) is 0 Å². The van der Waals surface area contributed by atoms with Crippen LogP contribution < -0.4 is 5.73 Å². The number of hydrogen-bond donors (Lipinski definition) is 1. The molecule has 0 aliphatic rings. The van der Waals surface area contributed by atoms with Crippen molar-refractivity contribution in [2.75, 3.05) is 12.8 Å². The largest absolute Gasteiger partial charge is 0.398 e. The molecule has 14 heavy (non-hydrogen) atoms. The molecule has 0 saturated carbocycles. The van der Waals surface area contributed by atoms with Gasteiger partial charge in [0.2, 0.25) is 0 Å². The molecule has 3 heteroatoms. The lowest BCUT2D eigenvalue weighted by Crippen LogP contribution is -2.25. The van der Waals surface area contributed by atoms with Gasteiger partial charge in [-0.1, -0.05) is 17.7 Å². The Hall–Kier alpha value is -0.730. The van der Waals surface area contributed by atoms with E-state index >= 15 is 0 Å². The molecule has 0 unspecified atom stereocenters. The second-order valence-electron chi connectivity index (χ2n) is 3.85. The molecule has 0 aliphatic carbocycles. The number of nitrogens with zero attached hydrogens (tertiary/aromatic N) is 1. The highest BCUT2D eigenvalue weighted by Crippen LogP contribution is 2.19.